The van der Waals surface area contributed by atoms with E-state index in [9.17, 15) is 13.2 Å². The first-order valence-corrected chi connectivity index (χ1v) is 13.6. The van der Waals surface area contributed by atoms with Gasteiger partial charge in [-0.3, -0.25) is 9.69 Å². The van der Waals surface area contributed by atoms with Gasteiger partial charge in [-0.2, -0.15) is 0 Å². The molecule has 1 unspecified atom stereocenters. The van der Waals surface area contributed by atoms with E-state index in [1.54, 1.807) is 6.07 Å². The maximum absolute atomic E-state index is 12.8. The molecule has 1 aromatic heterocycles. The number of benzene rings is 2. The number of hydrogen-bond donors (Lipinski definition) is 2. The van der Waals surface area contributed by atoms with Crippen LogP contribution in [0.15, 0.2) is 53.4 Å². The van der Waals surface area contributed by atoms with Gasteiger partial charge in [0.2, 0.25) is 15.9 Å². The molecule has 4 rings (SSSR count). The molecule has 1 saturated heterocycles. The summed E-state index contributed by atoms with van der Waals surface area (Å²) in [4.78, 5) is 19.8. The van der Waals surface area contributed by atoms with Gasteiger partial charge in [-0.15, -0.1) is 0 Å². The second-order valence-corrected chi connectivity index (χ2v) is 10.3. The zero-order chi connectivity index (χ0) is 24.8. The number of fused-ring (bicyclic) bond motifs is 1. The maximum Gasteiger partial charge on any atom is 0.238 e. The second kappa shape index (κ2) is 11.3. The molecule has 2 aromatic carbocycles. The van der Waals surface area contributed by atoms with Crippen LogP contribution in [0.2, 0.25) is 0 Å². The summed E-state index contributed by atoms with van der Waals surface area (Å²) in [5.74, 6) is 0.718. The van der Waals surface area contributed by atoms with Crippen LogP contribution in [0.25, 0.3) is 11.0 Å². The van der Waals surface area contributed by atoms with Crippen LogP contribution >= 0.6 is 0 Å². The molecule has 10 heteroatoms. The average Bonchev–Trinajstić information content (AvgIpc) is 3.20. The first kappa shape index (κ1) is 25.3. The molecule has 3 N–H and O–H groups in total. The van der Waals surface area contributed by atoms with Crippen molar-refractivity contribution in [3.63, 3.8) is 0 Å². The Labute approximate surface area is 206 Å². The molecule has 1 aliphatic heterocycles. The number of carbonyl (C=O) groups excluding carboxylic acids is 1. The van der Waals surface area contributed by atoms with Crippen molar-refractivity contribution < 1.29 is 17.9 Å². The third-order valence-electron chi connectivity index (χ3n) is 6.31. The van der Waals surface area contributed by atoms with E-state index in [0.29, 0.717) is 38.1 Å². The predicted octanol–water partition coefficient (Wildman–Crippen LogP) is 2.22. The van der Waals surface area contributed by atoms with Crippen molar-refractivity contribution in [3.8, 4) is 0 Å². The summed E-state index contributed by atoms with van der Waals surface area (Å²) in [7, 11) is -3.81. The number of aryl methyl sites for hydroxylation is 2. The van der Waals surface area contributed by atoms with Gasteiger partial charge in [-0.1, -0.05) is 37.3 Å². The molecule has 188 valence electrons. The number of imidazole rings is 1. The van der Waals surface area contributed by atoms with Gasteiger partial charge in [0.05, 0.1) is 35.2 Å². The maximum atomic E-state index is 12.8. The van der Waals surface area contributed by atoms with Gasteiger partial charge in [0.1, 0.15) is 5.82 Å². The molecule has 35 heavy (non-hydrogen) atoms. The van der Waals surface area contributed by atoms with Crippen molar-refractivity contribution >= 4 is 27.0 Å². The lowest BCUT2D eigenvalue weighted by Gasteiger charge is -2.35. The quantitative estimate of drug-likeness (QED) is 0.441. The van der Waals surface area contributed by atoms with Gasteiger partial charge in [0.25, 0.3) is 0 Å². The topological polar surface area (TPSA) is 120 Å². The van der Waals surface area contributed by atoms with Crippen LogP contribution in [-0.4, -0.2) is 61.6 Å². The molecule has 1 fully saturated rings. The Bertz CT molecular complexity index is 1250. The van der Waals surface area contributed by atoms with Crippen molar-refractivity contribution in [3.05, 3.63) is 59.9 Å². The minimum Gasteiger partial charge on any atom is -0.379 e. The summed E-state index contributed by atoms with van der Waals surface area (Å²) >= 11 is 0. The Balaban J connectivity index is 1.44. The van der Waals surface area contributed by atoms with Crippen LogP contribution in [0.4, 0.5) is 0 Å². The fourth-order valence-electron chi connectivity index (χ4n) is 4.55. The average molecular weight is 500 g/mol. The Hall–Kier alpha value is -2.79. The Morgan fingerprint density at radius 3 is 2.60 bits per heavy atom. The third-order valence-corrected chi connectivity index (χ3v) is 7.22. The van der Waals surface area contributed by atoms with E-state index < -0.39 is 10.0 Å². The second-order valence-electron chi connectivity index (χ2n) is 8.75. The van der Waals surface area contributed by atoms with Crippen molar-refractivity contribution in [1.82, 2.24) is 19.8 Å². The van der Waals surface area contributed by atoms with Crippen molar-refractivity contribution in [1.29, 1.82) is 0 Å². The highest BCUT2D eigenvalue weighted by atomic mass is 32.2. The van der Waals surface area contributed by atoms with Crippen LogP contribution < -0.4 is 10.5 Å². The molecule has 0 radical (unpaired) electrons. The number of aromatic nitrogens is 2. The number of nitrogens with one attached hydrogen (secondary N) is 1. The van der Waals surface area contributed by atoms with Crippen molar-refractivity contribution in [2.24, 2.45) is 5.14 Å². The molecule has 0 saturated carbocycles. The molecule has 3 aromatic rings. The molecular weight excluding hydrogens is 466 g/mol. The van der Waals surface area contributed by atoms with Gasteiger partial charge < -0.3 is 14.6 Å². The minimum absolute atomic E-state index is 0.0329. The first-order chi connectivity index (χ1) is 16.9. The number of morpholine rings is 1. The van der Waals surface area contributed by atoms with Crippen LogP contribution in [0.1, 0.15) is 37.2 Å². The Morgan fingerprint density at radius 2 is 1.91 bits per heavy atom. The van der Waals surface area contributed by atoms with Gasteiger partial charge in [-0.25, -0.2) is 18.5 Å². The first-order valence-electron chi connectivity index (χ1n) is 12.0. The number of ether oxygens (including phenoxy) is 1. The lowest BCUT2D eigenvalue weighted by atomic mass is 10.0. The highest BCUT2D eigenvalue weighted by Gasteiger charge is 2.23. The minimum atomic E-state index is -3.81. The summed E-state index contributed by atoms with van der Waals surface area (Å²) in [5.41, 5.74) is 2.58. The third kappa shape index (κ3) is 6.26. The van der Waals surface area contributed by atoms with Crippen LogP contribution in [0.5, 0.6) is 0 Å². The van der Waals surface area contributed by atoms with Gasteiger partial charge >= 0.3 is 0 Å². The number of sulfonamides is 1. The van der Waals surface area contributed by atoms with E-state index in [4.69, 9.17) is 9.88 Å². The smallest absolute Gasteiger partial charge is 0.238 e. The van der Waals surface area contributed by atoms with E-state index >= 15 is 0 Å². The Kier molecular flexibility index (Phi) is 8.17. The van der Waals surface area contributed by atoms with Crippen molar-refractivity contribution in [2.75, 3.05) is 32.8 Å². The fourth-order valence-corrected chi connectivity index (χ4v) is 5.08. The molecule has 0 aliphatic carbocycles. The zero-order valence-corrected chi connectivity index (χ0v) is 20.8. The summed E-state index contributed by atoms with van der Waals surface area (Å²) in [6.07, 6.45) is 1.64. The normalized spacial score (nSPS) is 15.8. The summed E-state index contributed by atoms with van der Waals surface area (Å²) in [6, 6.07) is 15.0. The standard InChI is InChI=1S/C25H33N5O4S/c1-2-12-30-22-9-8-20(35(26,32)33)17-21(22)28-24(30)10-11-25(31)27-18-23(19-6-4-3-5-7-19)29-13-15-34-16-14-29/h3-9,17,23H,2,10-16,18H2,1H3,(H,27,31)(H2,26,32,33). The molecule has 0 spiro atoms. The number of primary sulfonamides is 1. The molecule has 1 amide bonds. The zero-order valence-electron chi connectivity index (χ0n) is 20.0. The number of nitrogens with zero attached hydrogens (tertiary/aromatic N) is 3. The van der Waals surface area contributed by atoms with Gasteiger partial charge in [-0.05, 0) is 30.2 Å². The SMILES string of the molecule is CCCn1c(CCC(=O)NCC(c2ccccc2)N2CCOCC2)nc2cc(S(N)(=O)=O)ccc21. The molecule has 1 atom stereocenters. The predicted molar refractivity (Wildman–Crippen MR) is 134 cm³/mol. The monoisotopic (exact) mass is 499 g/mol. The molecule has 0 bridgehead atoms. The Morgan fingerprint density at radius 1 is 1.17 bits per heavy atom. The van der Waals surface area contributed by atoms with Crippen LogP contribution in [-0.2, 0) is 32.5 Å². The molecule has 2 heterocycles. The number of nitrogens with two attached hydrogens (primary N) is 1. The fraction of sp³-hybridized carbons (Fsp3) is 0.440. The van der Waals surface area contributed by atoms with E-state index in [-0.39, 0.29) is 16.8 Å². The van der Waals surface area contributed by atoms with Crippen LogP contribution in [0.3, 0.4) is 0 Å². The largest absolute Gasteiger partial charge is 0.379 e. The summed E-state index contributed by atoms with van der Waals surface area (Å²) in [6.45, 7) is 6.36. The van der Waals surface area contributed by atoms with Gasteiger partial charge in [0, 0.05) is 39.0 Å². The number of hydrogen-bond acceptors (Lipinski definition) is 6. The van der Waals surface area contributed by atoms with E-state index in [1.807, 2.05) is 18.2 Å². The highest BCUT2D eigenvalue weighted by Crippen LogP contribution is 2.23. The number of rotatable bonds is 10. The molecule has 9 nitrogen and oxygen atoms in total. The lowest BCUT2D eigenvalue weighted by Crippen LogP contribution is -2.43. The highest BCUT2D eigenvalue weighted by molar-refractivity contribution is 7.89. The lowest BCUT2D eigenvalue weighted by molar-refractivity contribution is -0.121. The number of carbonyl (C=O) groups is 1. The summed E-state index contributed by atoms with van der Waals surface area (Å²) < 4.78 is 31.0. The summed E-state index contributed by atoms with van der Waals surface area (Å²) in [5, 5.41) is 8.39. The molecule has 1 aliphatic rings. The van der Waals surface area contributed by atoms with E-state index in [1.165, 1.54) is 17.7 Å². The van der Waals surface area contributed by atoms with Gasteiger partial charge in [0.15, 0.2) is 0 Å². The number of amides is 1. The molecular formula is C25H33N5O4S. The van der Waals surface area contributed by atoms with E-state index in [2.05, 4.69) is 38.8 Å². The van der Waals surface area contributed by atoms with E-state index in [0.717, 1.165) is 37.4 Å². The van der Waals surface area contributed by atoms with Crippen molar-refractivity contribution in [2.45, 2.75) is 43.7 Å². The van der Waals surface area contributed by atoms with Crippen LogP contribution in [0, 0.1) is 0 Å².